The van der Waals surface area contributed by atoms with Crippen molar-refractivity contribution in [3.8, 4) is 0 Å². The fourth-order valence-corrected chi connectivity index (χ4v) is 2.22. The molecule has 0 aromatic carbocycles. The molecule has 110 valence electrons. The molecule has 0 aliphatic heterocycles. The van der Waals surface area contributed by atoms with Gasteiger partial charge in [0.25, 0.3) is 0 Å². The van der Waals surface area contributed by atoms with Gasteiger partial charge in [0.2, 0.25) is 0 Å². The Morgan fingerprint density at radius 1 is 1.20 bits per heavy atom. The molecule has 0 saturated carbocycles. The summed E-state index contributed by atoms with van der Waals surface area (Å²) in [7, 11) is 0. The Labute approximate surface area is 120 Å². The molecule has 0 radical (unpaired) electrons. The molecule has 2 heterocycles. The molecular formula is C14H24N6. The minimum absolute atomic E-state index is 0.731. The lowest BCUT2D eigenvalue weighted by molar-refractivity contribution is 0.540. The summed E-state index contributed by atoms with van der Waals surface area (Å²) >= 11 is 0. The molecule has 2 aromatic heterocycles. The van der Waals surface area contributed by atoms with E-state index in [9.17, 15) is 0 Å². The van der Waals surface area contributed by atoms with Crippen LogP contribution in [0.25, 0.3) is 0 Å². The van der Waals surface area contributed by atoms with E-state index in [1.54, 1.807) is 6.33 Å². The second-order valence-electron chi connectivity index (χ2n) is 4.96. The smallest absolute Gasteiger partial charge is 0.146 e. The summed E-state index contributed by atoms with van der Waals surface area (Å²) in [5.41, 5.74) is 1.20. The first-order valence-corrected chi connectivity index (χ1v) is 7.34. The van der Waals surface area contributed by atoms with Crippen molar-refractivity contribution in [3.63, 3.8) is 0 Å². The van der Waals surface area contributed by atoms with Crippen molar-refractivity contribution < 1.29 is 0 Å². The molecule has 6 nitrogen and oxygen atoms in total. The summed E-state index contributed by atoms with van der Waals surface area (Å²) in [6.07, 6.45) is 5.77. The summed E-state index contributed by atoms with van der Waals surface area (Å²) in [6.45, 7) is 9.86. The molecule has 0 atom stereocenters. The highest BCUT2D eigenvalue weighted by Gasteiger charge is 2.10. The number of hydrogen-bond donors (Lipinski definition) is 1. The van der Waals surface area contributed by atoms with Crippen molar-refractivity contribution in [2.24, 2.45) is 0 Å². The minimum atomic E-state index is 0.731. The number of aryl methyl sites for hydroxylation is 2. The van der Waals surface area contributed by atoms with Gasteiger partial charge < -0.3 is 9.88 Å². The largest absolute Gasteiger partial charge is 0.323 e. The molecule has 1 N–H and O–H groups in total. The molecular weight excluding hydrogens is 252 g/mol. The van der Waals surface area contributed by atoms with E-state index in [1.807, 2.05) is 17.8 Å². The van der Waals surface area contributed by atoms with Gasteiger partial charge in [0, 0.05) is 19.3 Å². The molecule has 0 aliphatic rings. The van der Waals surface area contributed by atoms with Crippen LogP contribution >= 0.6 is 0 Å². The van der Waals surface area contributed by atoms with Crippen LogP contribution in [0, 0.1) is 6.92 Å². The van der Waals surface area contributed by atoms with Crippen LogP contribution in [0.15, 0.2) is 12.5 Å². The van der Waals surface area contributed by atoms with Gasteiger partial charge in [-0.3, -0.25) is 0 Å². The third kappa shape index (κ3) is 3.45. The number of imidazole rings is 1. The van der Waals surface area contributed by atoms with E-state index >= 15 is 0 Å². The van der Waals surface area contributed by atoms with Gasteiger partial charge in [-0.1, -0.05) is 13.8 Å². The number of aromatic nitrogens is 5. The van der Waals surface area contributed by atoms with Crippen LogP contribution in [0.4, 0.5) is 0 Å². The Bertz CT molecular complexity index is 528. The number of hydrogen-bond acceptors (Lipinski definition) is 4. The van der Waals surface area contributed by atoms with Crippen molar-refractivity contribution >= 4 is 0 Å². The number of nitrogens with zero attached hydrogens (tertiary/aromatic N) is 5. The van der Waals surface area contributed by atoms with Gasteiger partial charge in [-0.25, -0.2) is 14.6 Å². The quantitative estimate of drug-likeness (QED) is 0.746. The monoisotopic (exact) mass is 276 g/mol. The van der Waals surface area contributed by atoms with Gasteiger partial charge in [-0.2, -0.15) is 5.10 Å². The summed E-state index contributed by atoms with van der Waals surface area (Å²) < 4.78 is 4.18. The summed E-state index contributed by atoms with van der Waals surface area (Å²) in [6, 6.07) is 0. The van der Waals surface area contributed by atoms with E-state index in [1.165, 1.54) is 5.69 Å². The first-order valence-electron chi connectivity index (χ1n) is 7.34. The Kier molecular flexibility index (Phi) is 5.29. The standard InChI is InChI=1S/C14H24N6/c1-4-6-15-8-13-9-16-12(3)19(13)10-14-17-11-18-20(14)7-5-2/h9,11,15H,4-8,10H2,1-3H3. The molecule has 2 aromatic rings. The highest BCUT2D eigenvalue weighted by Crippen LogP contribution is 2.08. The van der Waals surface area contributed by atoms with Gasteiger partial charge in [0.05, 0.1) is 12.2 Å². The molecule has 20 heavy (non-hydrogen) atoms. The SMILES string of the molecule is CCCNCc1cnc(C)n1Cc1ncnn1CCC. The highest BCUT2D eigenvalue weighted by molar-refractivity contribution is 5.07. The average molecular weight is 276 g/mol. The first kappa shape index (κ1) is 14.7. The van der Waals surface area contributed by atoms with E-state index in [2.05, 4.69) is 38.8 Å². The van der Waals surface area contributed by atoms with Crippen molar-refractivity contribution in [1.29, 1.82) is 0 Å². The molecule has 2 rings (SSSR count). The lowest BCUT2D eigenvalue weighted by Gasteiger charge is -2.11. The zero-order valence-electron chi connectivity index (χ0n) is 12.6. The van der Waals surface area contributed by atoms with Crippen LogP contribution in [-0.2, 0) is 19.6 Å². The van der Waals surface area contributed by atoms with E-state index in [0.717, 1.165) is 50.7 Å². The fraction of sp³-hybridized carbons (Fsp3) is 0.643. The van der Waals surface area contributed by atoms with Gasteiger partial charge in [-0.15, -0.1) is 0 Å². The highest BCUT2D eigenvalue weighted by atomic mass is 15.3. The van der Waals surface area contributed by atoms with E-state index in [0.29, 0.717) is 0 Å². The van der Waals surface area contributed by atoms with Crippen LogP contribution in [-0.4, -0.2) is 30.9 Å². The van der Waals surface area contributed by atoms with Gasteiger partial charge in [0.15, 0.2) is 0 Å². The Morgan fingerprint density at radius 2 is 2.05 bits per heavy atom. The fourth-order valence-electron chi connectivity index (χ4n) is 2.22. The molecule has 0 bridgehead atoms. The number of rotatable bonds is 8. The van der Waals surface area contributed by atoms with Gasteiger partial charge >= 0.3 is 0 Å². The lowest BCUT2D eigenvalue weighted by atomic mass is 10.4. The molecule has 0 fully saturated rings. The van der Waals surface area contributed by atoms with Crippen LogP contribution in [0.1, 0.15) is 44.0 Å². The van der Waals surface area contributed by atoms with Crippen molar-refractivity contribution in [3.05, 3.63) is 29.9 Å². The predicted molar refractivity (Wildman–Crippen MR) is 78.4 cm³/mol. The molecule has 0 aliphatic carbocycles. The molecule has 6 heteroatoms. The van der Waals surface area contributed by atoms with Crippen LogP contribution in [0.5, 0.6) is 0 Å². The van der Waals surface area contributed by atoms with Crippen molar-refractivity contribution in [2.75, 3.05) is 6.54 Å². The normalized spacial score (nSPS) is 11.2. The van der Waals surface area contributed by atoms with Crippen LogP contribution in [0.2, 0.25) is 0 Å². The molecule has 0 amide bonds. The molecule has 0 saturated heterocycles. The van der Waals surface area contributed by atoms with Crippen molar-refractivity contribution in [2.45, 2.75) is 53.2 Å². The zero-order valence-corrected chi connectivity index (χ0v) is 12.6. The maximum atomic E-state index is 4.42. The topological polar surface area (TPSA) is 60.6 Å². The zero-order chi connectivity index (χ0) is 14.4. The maximum Gasteiger partial charge on any atom is 0.146 e. The third-order valence-corrected chi connectivity index (χ3v) is 3.30. The van der Waals surface area contributed by atoms with E-state index in [4.69, 9.17) is 0 Å². The third-order valence-electron chi connectivity index (χ3n) is 3.30. The van der Waals surface area contributed by atoms with Crippen LogP contribution < -0.4 is 5.32 Å². The Hall–Kier alpha value is -1.69. The summed E-state index contributed by atoms with van der Waals surface area (Å²) in [4.78, 5) is 8.79. The summed E-state index contributed by atoms with van der Waals surface area (Å²) in [5, 5.41) is 7.70. The lowest BCUT2D eigenvalue weighted by Crippen LogP contribution is -2.19. The van der Waals surface area contributed by atoms with E-state index < -0.39 is 0 Å². The maximum absolute atomic E-state index is 4.42. The minimum Gasteiger partial charge on any atom is -0.323 e. The van der Waals surface area contributed by atoms with E-state index in [-0.39, 0.29) is 0 Å². The Morgan fingerprint density at radius 3 is 2.80 bits per heavy atom. The summed E-state index contributed by atoms with van der Waals surface area (Å²) in [5.74, 6) is 2.01. The van der Waals surface area contributed by atoms with Gasteiger partial charge in [0.1, 0.15) is 18.0 Å². The Balaban J connectivity index is 2.11. The van der Waals surface area contributed by atoms with Crippen LogP contribution in [0.3, 0.4) is 0 Å². The number of nitrogens with one attached hydrogen (secondary N) is 1. The second kappa shape index (κ2) is 7.19. The van der Waals surface area contributed by atoms with Gasteiger partial charge in [-0.05, 0) is 26.3 Å². The molecule has 0 unspecified atom stereocenters. The molecule has 0 spiro atoms. The first-order chi connectivity index (χ1) is 9.76. The predicted octanol–water partition coefficient (Wildman–Crippen LogP) is 1.74. The average Bonchev–Trinajstić information content (AvgIpc) is 3.01. The second-order valence-corrected chi connectivity index (χ2v) is 4.96. The van der Waals surface area contributed by atoms with Crippen molar-refractivity contribution in [1.82, 2.24) is 29.6 Å².